The maximum atomic E-state index is 6.24. The smallest absolute Gasteiger partial charge is 0.205 e. The van der Waals surface area contributed by atoms with Gasteiger partial charge in [-0.05, 0) is 33.8 Å². The Bertz CT molecular complexity index is 507. The summed E-state index contributed by atoms with van der Waals surface area (Å²) in [5, 5.41) is 6.73. The van der Waals surface area contributed by atoms with E-state index in [1.54, 1.807) is 0 Å². The average Bonchev–Trinajstić information content (AvgIpc) is 2.45. The molecule has 0 saturated heterocycles. The standard InChI is InChI=1S/C14H18N2O/c1-10-13(2,3)14(4)16(15-10)9-11-7-5-6-8-12(11)17-14/h5-8H,9H2,1-4H3. The third-order valence-electron chi connectivity index (χ3n) is 4.43. The predicted molar refractivity (Wildman–Crippen MR) is 67.9 cm³/mol. The quantitative estimate of drug-likeness (QED) is 0.684. The summed E-state index contributed by atoms with van der Waals surface area (Å²) in [5.41, 5.74) is 1.90. The Morgan fingerprint density at radius 2 is 1.94 bits per heavy atom. The van der Waals surface area contributed by atoms with E-state index in [0.717, 1.165) is 18.0 Å². The number of nitrogens with zero attached hydrogens (tertiary/aromatic N) is 2. The van der Waals surface area contributed by atoms with Crippen LogP contribution < -0.4 is 4.74 Å². The molecule has 0 aromatic heterocycles. The number of hydrogen-bond acceptors (Lipinski definition) is 3. The lowest BCUT2D eigenvalue weighted by Crippen LogP contribution is -2.57. The molecule has 0 fully saturated rings. The number of rotatable bonds is 0. The largest absolute Gasteiger partial charge is 0.465 e. The van der Waals surface area contributed by atoms with Gasteiger partial charge in [0.15, 0.2) is 0 Å². The molecular weight excluding hydrogens is 212 g/mol. The molecule has 0 bridgehead atoms. The molecule has 0 amide bonds. The van der Waals surface area contributed by atoms with Crippen molar-refractivity contribution in [3.63, 3.8) is 0 Å². The van der Waals surface area contributed by atoms with Crippen LogP contribution in [-0.4, -0.2) is 16.4 Å². The third-order valence-corrected chi connectivity index (χ3v) is 4.43. The molecule has 1 unspecified atom stereocenters. The second-order valence-corrected chi connectivity index (χ2v) is 5.56. The molecule has 1 aromatic rings. The minimum atomic E-state index is -0.370. The molecule has 2 heterocycles. The van der Waals surface area contributed by atoms with E-state index in [0.29, 0.717) is 0 Å². The van der Waals surface area contributed by atoms with Gasteiger partial charge in [-0.15, -0.1) is 0 Å². The molecule has 3 heteroatoms. The fourth-order valence-electron chi connectivity index (χ4n) is 2.54. The maximum absolute atomic E-state index is 6.24. The maximum Gasteiger partial charge on any atom is 0.205 e. The fraction of sp³-hybridized carbons (Fsp3) is 0.500. The van der Waals surface area contributed by atoms with E-state index in [-0.39, 0.29) is 11.1 Å². The Hall–Kier alpha value is -1.51. The number of hydrogen-bond donors (Lipinski definition) is 0. The van der Waals surface area contributed by atoms with Crippen molar-refractivity contribution >= 4 is 5.71 Å². The Morgan fingerprint density at radius 3 is 2.71 bits per heavy atom. The van der Waals surface area contributed by atoms with Crippen molar-refractivity contribution < 1.29 is 4.74 Å². The first-order valence-electron chi connectivity index (χ1n) is 6.05. The molecule has 0 spiro atoms. The number of fused-ring (bicyclic) bond motifs is 2. The van der Waals surface area contributed by atoms with Gasteiger partial charge in [-0.2, -0.15) is 5.10 Å². The van der Waals surface area contributed by atoms with Gasteiger partial charge in [0.05, 0.1) is 12.0 Å². The monoisotopic (exact) mass is 230 g/mol. The minimum absolute atomic E-state index is 0.0689. The second kappa shape index (κ2) is 3.03. The minimum Gasteiger partial charge on any atom is -0.465 e. The molecule has 3 rings (SSSR count). The summed E-state index contributed by atoms with van der Waals surface area (Å²) in [6, 6.07) is 8.21. The lowest BCUT2D eigenvalue weighted by molar-refractivity contribution is -0.126. The Labute approximate surface area is 102 Å². The van der Waals surface area contributed by atoms with E-state index in [2.05, 4.69) is 43.9 Å². The molecule has 3 nitrogen and oxygen atoms in total. The number of ether oxygens (including phenoxy) is 1. The molecule has 17 heavy (non-hydrogen) atoms. The molecule has 90 valence electrons. The van der Waals surface area contributed by atoms with Crippen LogP contribution in [0.15, 0.2) is 29.4 Å². The van der Waals surface area contributed by atoms with E-state index >= 15 is 0 Å². The number of para-hydroxylation sites is 1. The highest BCUT2D eigenvalue weighted by Gasteiger charge is 2.56. The first-order chi connectivity index (χ1) is 7.95. The highest BCUT2D eigenvalue weighted by atomic mass is 16.5. The predicted octanol–water partition coefficient (Wildman–Crippen LogP) is 3.01. The van der Waals surface area contributed by atoms with Gasteiger partial charge >= 0.3 is 0 Å². The molecule has 2 aliphatic rings. The Balaban J connectivity index is 2.10. The zero-order valence-corrected chi connectivity index (χ0v) is 10.8. The van der Waals surface area contributed by atoms with Crippen LogP contribution >= 0.6 is 0 Å². The summed E-state index contributed by atoms with van der Waals surface area (Å²) >= 11 is 0. The normalized spacial score (nSPS) is 29.2. The van der Waals surface area contributed by atoms with Gasteiger partial charge in [0.1, 0.15) is 5.75 Å². The van der Waals surface area contributed by atoms with Crippen LogP contribution in [0.3, 0.4) is 0 Å². The Kier molecular flexibility index (Phi) is 1.90. The summed E-state index contributed by atoms with van der Waals surface area (Å²) in [6.45, 7) is 9.42. The van der Waals surface area contributed by atoms with Crippen LogP contribution in [0.25, 0.3) is 0 Å². The first-order valence-corrected chi connectivity index (χ1v) is 6.05. The molecule has 0 N–H and O–H groups in total. The van der Waals surface area contributed by atoms with Gasteiger partial charge in [0.25, 0.3) is 0 Å². The summed E-state index contributed by atoms with van der Waals surface area (Å²) in [7, 11) is 0. The number of hydrazone groups is 1. The van der Waals surface area contributed by atoms with Crippen molar-refractivity contribution in [1.29, 1.82) is 0 Å². The lowest BCUT2D eigenvalue weighted by Gasteiger charge is -2.46. The molecule has 0 radical (unpaired) electrons. The zero-order chi connectivity index (χ0) is 12.3. The van der Waals surface area contributed by atoms with Crippen molar-refractivity contribution in [2.24, 2.45) is 10.5 Å². The van der Waals surface area contributed by atoms with Gasteiger partial charge < -0.3 is 4.74 Å². The van der Waals surface area contributed by atoms with Crippen LogP contribution in [0.1, 0.15) is 33.3 Å². The van der Waals surface area contributed by atoms with Crippen molar-refractivity contribution in [2.45, 2.75) is 40.0 Å². The highest BCUT2D eigenvalue weighted by molar-refractivity contribution is 5.90. The van der Waals surface area contributed by atoms with E-state index < -0.39 is 0 Å². The van der Waals surface area contributed by atoms with E-state index in [9.17, 15) is 0 Å². The molecule has 0 saturated carbocycles. The lowest BCUT2D eigenvalue weighted by atomic mass is 9.78. The van der Waals surface area contributed by atoms with E-state index in [1.165, 1.54) is 5.56 Å². The zero-order valence-electron chi connectivity index (χ0n) is 10.8. The molecule has 2 aliphatic heterocycles. The molecule has 1 aromatic carbocycles. The fourth-order valence-corrected chi connectivity index (χ4v) is 2.54. The molecular formula is C14H18N2O. The van der Waals surface area contributed by atoms with Crippen LogP contribution in [0.5, 0.6) is 5.75 Å². The molecule has 0 aliphatic carbocycles. The van der Waals surface area contributed by atoms with Gasteiger partial charge in [-0.3, -0.25) is 5.01 Å². The summed E-state index contributed by atoms with van der Waals surface area (Å²) < 4.78 is 6.24. The summed E-state index contributed by atoms with van der Waals surface area (Å²) in [5.74, 6) is 0.990. The highest BCUT2D eigenvalue weighted by Crippen LogP contribution is 2.48. The van der Waals surface area contributed by atoms with Crippen LogP contribution in [0.2, 0.25) is 0 Å². The van der Waals surface area contributed by atoms with E-state index in [1.807, 2.05) is 18.2 Å². The van der Waals surface area contributed by atoms with Gasteiger partial charge in [-0.1, -0.05) is 18.2 Å². The van der Waals surface area contributed by atoms with Crippen molar-refractivity contribution in [3.05, 3.63) is 29.8 Å². The van der Waals surface area contributed by atoms with Gasteiger partial charge in [0.2, 0.25) is 5.72 Å². The SMILES string of the molecule is CC1=NN2Cc3ccccc3OC2(C)C1(C)C. The topological polar surface area (TPSA) is 24.8 Å². The van der Waals surface area contributed by atoms with Crippen molar-refractivity contribution in [1.82, 2.24) is 5.01 Å². The summed E-state index contributed by atoms with van der Waals surface area (Å²) in [6.07, 6.45) is 0. The van der Waals surface area contributed by atoms with Crippen LogP contribution in [-0.2, 0) is 6.54 Å². The average molecular weight is 230 g/mol. The molecule has 1 atom stereocenters. The summed E-state index contributed by atoms with van der Waals surface area (Å²) in [4.78, 5) is 0. The van der Waals surface area contributed by atoms with Gasteiger partial charge in [0, 0.05) is 11.3 Å². The van der Waals surface area contributed by atoms with Crippen molar-refractivity contribution in [3.8, 4) is 5.75 Å². The van der Waals surface area contributed by atoms with Crippen LogP contribution in [0.4, 0.5) is 0 Å². The second-order valence-electron chi connectivity index (χ2n) is 5.56. The first kappa shape index (κ1) is 10.6. The van der Waals surface area contributed by atoms with Gasteiger partial charge in [-0.25, -0.2) is 0 Å². The van der Waals surface area contributed by atoms with Crippen molar-refractivity contribution in [2.75, 3.05) is 0 Å². The van der Waals surface area contributed by atoms with E-state index in [4.69, 9.17) is 4.74 Å². The Morgan fingerprint density at radius 1 is 1.24 bits per heavy atom. The third kappa shape index (κ3) is 1.20. The number of benzene rings is 1. The van der Waals surface area contributed by atoms with Crippen LogP contribution in [0, 0.1) is 5.41 Å².